The zero-order valence-corrected chi connectivity index (χ0v) is 10.8. The number of methoxy groups -OCH3 is 1. The highest BCUT2D eigenvalue weighted by Gasteiger charge is 2.14. The van der Waals surface area contributed by atoms with E-state index in [1.54, 1.807) is 25.3 Å². The largest absolute Gasteiger partial charge is 0.398 e. The fourth-order valence-electron chi connectivity index (χ4n) is 1.60. The molecule has 0 amide bonds. The number of aryl methyl sites for hydroxylation is 1. The van der Waals surface area contributed by atoms with Crippen LogP contribution in [0.15, 0.2) is 22.7 Å². The van der Waals surface area contributed by atoms with Gasteiger partial charge in [0.1, 0.15) is 0 Å². The van der Waals surface area contributed by atoms with E-state index in [-0.39, 0.29) is 0 Å². The lowest BCUT2D eigenvalue weighted by Gasteiger charge is -2.01. The first-order valence-electron chi connectivity index (χ1n) is 5.58. The summed E-state index contributed by atoms with van der Waals surface area (Å²) in [5.74, 6) is 0.979. The van der Waals surface area contributed by atoms with Crippen molar-refractivity contribution in [2.75, 3.05) is 19.5 Å². The van der Waals surface area contributed by atoms with Crippen LogP contribution in [0.1, 0.15) is 12.2 Å². The van der Waals surface area contributed by atoms with Crippen molar-refractivity contribution in [2.24, 2.45) is 0 Å². The first-order valence-corrected chi connectivity index (χ1v) is 5.96. The molecule has 0 unspecified atom stereocenters. The minimum absolute atomic E-state index is 0.352. The third kappa shape index (κ3) is 2.80. The van der Waals surface area contributed by atoms with Crippen molar-refractivity contribution < 1.29 is 9.26 Å². The summed E-state index contributed by atoms with van der Waals surface area (Å²) in [4.78, 5) is 4.28. The summed E-state index contributed by atoms with van der Waals surface area (Å²) >= 11 is 6.07. The van der Waals surface area contributed by atoms with Crippen LogP contribution in [0, 0.1) is 0 Å². The van der Waals surface area contributed by atoms with Gasteiger partial charge >= 0.3 is 0 Å². The van der Waals surface area contributed by atoms with Crippen LogP contribution in [0.3, 0.4) is 0 Å². The molecule has 5 nitrogen and oxygen atoms in total. The molecule has 96 valence electrons. The fourth-order valence-corrected chi connectivity index (χ4v) is 1.86. The summed E-state index contributed by atoms with van der Waals surface area (Å²) in [6, 6.07) is 5.26. The van der Waals surface area contributed by atoms with Gasteiger partial charge in [-0.2, -0.15) is 4.98 Å². The van der Waals surface area contributed by atoms with Crippen LogP contribution in [0.2, 0.25) is 5.02 Å². The molecule has 0 spiro atoms. The van der Waals surface area contributed by atoms with Gasteiger partial charge in [0.25, 0.3) is 5.89 Å². The van der Waals surface area contributed by atoms with Crippen LogP contribution >= 0.6 is 11.6 Å². The monoisotopic (exact) mass is 267 g/mol. The number of nitrogens with two attached hydrogens (primary N) is 1. The van der Waals surface area contributed by atoms with Crippen LogP contribution in [0.25, 0.3) is 11.5 Å². The van der Waals surface area contributed by atoms with Crippen LogP contribution in [-0.2, 0) is 11.2 Å². The second kappa shape index (κ2) is 5.84. The number of ether oxygens (including phenoxy) is 1. The molecule has 0 bridgehead atoms. The van der Waals surface area contributed by atoms with E-state index >= 15 is 0 Å². The van der Waals surface area contributed by atoms with E-state index in [2.05, 4.69) is 10.1 Å². The van der Waals surface area contributed by atoms with Crippen LogP contribution in [-0.4, -0.2) is 23.9 Å². The van der Waals surface area contributed by atoms with Gasteiger partial charge in [-0.1, -0.05) is 22.8 Å². The first-order chi connectivity index (χ1) is 8.72. The molecular formula is C12H14ClN3O2. The van der Waals surface area contributed by atoms with E-state index in [9.17, 15) is 0 Å². The van der Waals surface area contributed by atoms with E-state index in [0.29, 0.717) is 41.0 Å². The normalized spacial score (nSPS) is 10.8. The predicted octanol–water partition coefficient (Wildman–Crippen LogP) is 2.55. The highest BCUT2D eigenvalue weighted by molar-refractivity contribution is 6.33. The Kier molecular flexibility index (Phi) is 4.17. The summed E-state index contributed by atoms with van der Waals surface area (Å²) in [5, 5.41) is 4.39. The third-order valence-electron chi connectivity index (χ3n) is 2.48. The third-order valence-corrected chi connectivity index (χ3v) is 2.79. The Balaban J connectivity index is 2.19. The van der Waals surface area contributed by atoms with E-state index in [0.717, 1.165) is 6.42 Å². The second-order valence-electron chi connectivity index (χ2n) is 3.82. The summed E-state index contributed by atoms with van der Waals surface area (Å²) in [7, 11) is 1.66. The number of anilines is 1. The molecule has 0 aliphatic rings. The number of nitrogens with zero attached hydrogens (tertiary/aromatic N) is 2. The average Bonchev–Trinajstić information content (AvgIpc) is 2.78. The van der Waals surface area contributed by atoms with Gasteiger partial charge in [0.05, 0.1) is 10.6 Å². The average molecular weight is 268 g/mol. The van der Waals surface area contributed by atoms with Gasteiger partial charge in [-0.3, -0.25) is 0 Å². The Morgan fingerprint density at radius 3 is 3.00 bits per heavy atom. The zero-order valence-electron chi connectivity index (χ0n) is 10.0. The number of hydrogen-bond donors (Lipinski definition) is 1. The predicted molar refractivity (Wildman–Crippen MR) is 69.4 cm³/mol. The summed E-state index contributed by atoms with van der Waals surface area (Å²) in [6.45, 7) is 0.665. The zero-order chi connectivity index (χ0) is 13.0. The maximum absolute atomic E-state index is 6.07. The van der Waals surface area contributed by atoms with Crippen LogP contribution < -0.4 is 5.73 Å². The van der Waals surface area contributed by atoms with E-state index < -0.39 is 0 Å². The summed E-state index contributed by atoms with van der Waals surface area (Å²) < 4.78 is 10.1. The molecule has 2 rings (SSSR count). The molecule has 0 saturated heterocycles. The topological polar surface area (TPSA) is 74.2 Å². The Morgan fingerprint density at radius 1 is 1.44 bits per heavy atom. The molecule has 0 aliphatic carbocycles. The van der Waals surface area contributed by atoms with Gasteiger partial charge in [-0.25, -0.2) is 0 Å². The number of hydrogen-bond acceptors (Lipinski definition) is 5. The SMILES string of the molecule is COCCCc1noc(-c2c(N)cccc2Cl)n1. The molecule has 1 heterocycles. The number of rotatable bonds is 5. The lowest BCUT2D eigenvalue weighted by Crippen LogP contribution is -1.95. The smallest absolute Gasteiger partial charge is 0.261 e. The fraction of sp³-hybridized carbons (Fsp3) is 0.333. The van der Waals surface area contributed by atoms with Crippen molar-refractivity contribution in [3.63, 3.8) is 0 Å². The molecule has 0 aliphatic heterocycles. The number of benzene rings is 1. The second-order valence-corrected chi connectivity index (χ2v) is 4.22. The van der Waals surface area contributed by atoms with Crippen molar-refractivity contribution in [2.45, 2.75) is 12.8 Å². The van der Waals surface area contributed by atoms with Gasteiger partial charge in [0.2, 0.25) is 0 Å². The van der Waals surface area contributed by atoms with Crippen molar-refractivity contribution >= 4 is 17.3 Å². The highest BCUT2D eigenvalue weighted by Crippen LogP contribution is 2.31. The Morgan fingerprint density at radius 2 is 2.28 bits per heavy atom. The maximum Gasteiger partial charge on any atom is 0.261 e. The highest BCUT2D eigenvalue weighted by atomic mass is 35.5. The van der Waals surface area contributed by atoms with Gasteiger partial charge in [0, 0.05) is 25.8 Å². The lowest BCUT2D eigenvalue weighted by atomic mass is 10.2. The van der Waals surface area contributed by atoms with E-state index in [4.69, 9.17) is 26.6 Å². The minimum atomic E-state index is 0.352. The molecule has 2 aromatic rings. The van der Waals surface area contributed by atoms with Gasteiger partial charge in [0.15, 0.2) is 5.82 Å². The summed E-state index contributed by atoms with van der Waals surface area (Å²) in [6.07, 6.45) is 1.54. The van der Waals surface area contributed by atoms with Crippen LogP contribution in [0.4, 0.5) is 5.69 Å². The molecule has 0 saturated carbocycles. The number of halogens is 1. The minimum Gasteiger partial charge on any atom is -0.398 e. The van der Waals surface area contributed by atoms with Gasteiger partial charge in [-0.15, -0.1) is 0 Å². The Bertz CT molecular complexity index is 508. The molecule has 1 aromatic carbocycles. The van der Waals surface area contributed by atoms with Crippen LogP contribution in [0.5, 0.6) is 0 Å². The van der Waals surface area contributed by atoms with E-state index in [1.807, 2.05) is 0 Å². The van der Waals surface area contributed by atoms with Crippen molar-refractivity contribution in [1.29, 1.82) is 0 Å². The summed E-state index contributed by atoms with van der Waals surface area (Å²) in [5.41, 5.74) is 6.96. The Labute approximate surface area is 110 Å². The molecule has 2 N–H and O–H groups in total. The lowest BCUT2D eigenvalue weighted by molar-refractivity contribution is 0.194. The molecule has 18 heavy (non-hydrogen) atoms. The first kappa shape index (κ1) is 12.9. The molecule has 6 heteroatoms. The van der Waals surface area contributed by atoms with Gasteiger partial charge in [-0.05, 0) is 18.6 Å². The van der Waals surface area contributed by atoms with Crippen molar-refractivity contribution in [1.82, 2.24) is 10.1 Å². The quantitative estimate of drug-likeness (QED) is 0.666. The molecule has 0 fully saturated rings. The molecule has 1 aromatic heterocycles. The standard InChI is InChI=1S/C12H14ClN3O2/c1-17-7-3-6-10-15-12(18-16-10)11-8(13)4-2-5-9(11)14/h2,4-5H,3,6-7,14H2,1H3. The van der Waals surface area contributed by atoms with Gasteiger partial charge < -0.3 is 15.0 Å². The number of nitrogen functional groups attached to an aromatic ring is 1. The van der Waals surface area contributed by atoms with E-state index in [1.165, 1.54) is 0 Å². The molecular weight excluding hydrogens is 254 g/mol. The van der Waals surface area contributed by atoms with Crippen molar-refractivity contribution in [3.8, 4) is 11.5 Å². The molecule has 0 radical (unpaired) electrons. The molecule has 0 atom stereocenters. The Hall–Kier alpha value is -1.59. The number of aromatic nitrogens is 2. The van der Waals surface area contributed by atoms with Crippen molar-refractivity contribution in [3.05, 3.63) is 29.0 Å². The maximum atomic E-state index is 6.07.